The van der Waals surface area contributed by atoms with E-state index in [2.05, 4.69) is 10.6 Å². The number of nitrogens with one attached hydrogen (secondary N) is 2. The first-order chi connectivity index (χ1) is 15.3. The maximum absolute atomic E-state index is 13.9. The molecule has 2 saturated heterocycles. The fourth-order valence-electron chi connectivity index (χ4n) is 4.86. The summed E-state index contributed by atoms with van der Waals surface area (Å²) in [5, 5.41) is 18.0. The molecular formula is C25H30N2O4S. The maximum Gasteiger partial charge on any atom is 0.375 e. The molecule has 4 rings (SSSR count). The molecular weight excluding hydrogens is 424 g/mol. The van der Waals surface area contributed by atoms with Gasteiger partial charge in [0.25, 0.3) is 5.78 Å². The zero-order valence-electron chi connectivity index (χ0n) is 18.4. The standard InChI is InChI=1S/C25H30N2O4S/c1-24(2,30)25(13-17-9-5-3-6-10-17,22-20-19(15-32-22)26-16-27-20)21(28)23(29)31-14-18-11-7-4-8-12-18/h3-12,19-20,22,26-27,30H,13-16H2,1-2H3/t19-,20-,22?,25?/m1/s1. The van der Waals surface area contributed by atoms with Gasteiger partial charge in [0.15, 0.2) is 0 Å². The van der Waals surface area contributed by atoms with Gasteiger partial charge in [-0.05, 0) is 31.4 Å². The van der Waals surface area contributed by atoms with E-state index in [0.717, 1.165) is 16.9 Å². The van der Waals surface area contributed by atoms with E-state index in [0.29, 0.717) is 6.67 Å². The number of hydrogen-bond donors (Lipinski definition) is 3. The third kappa shape index (κ3) is 4.35. The van der Waals surface area contributed by atoms with E-state index in [1.807, 2.05) is 60.7 Å². The van der Waals surface area contributed by atoms with Gasteiger partial charge in [0, 0.05) is 29.8 Å². The van der Waals surface area contributed by atoms with Gasteiger partial charge in [-0.2, -0.15) is 11.8 Å². The van der Waals surface area contributed by atoms with Crippen molar-refractivity contribution in [2.45, 2.75) is 49.8 Å². The largest absolute Gasteiger partial charge is 0.455 e. The third-order valence-corrected chi connectivity index (χ3v) is 8.23. The Bertz CT molecular complexity index is 947. The van der Waals surface area contributed by atoms with Crippen LogP contribution in [0.4, 0.5) is 0 Å². The molecule has 2 unspecified atom stereocenters. The molecule has 2 aromatic rings. The molecule has 3 N–H and O–H groups in total. The lowest BCUT2D eigenvalue weighted by Crippen LogP contribution is -2.63. The second kappa shape index (κ2) is 9.35. The zero-order valence-corrected chi connectivity index (χ0v) is 19.2. The predicted molar refractivity (Wildman–Crippen MR) is 125 cm³/mol. The summed E-state index contributed by atoms with van der Waals surface area (Å²) in [6.07, 6.45) is 0.249. The van der Waals surface area contributed by atoms with Crippen LogP contribution >= 0.6 is 11.8 Å². The predicted octanol–water partition coefficient (Wildman–Crippen LogP) is 2.30. The normalized spacial score (nSPS) is 24.5. The second-order valence-corrected chi connectivity index (χ2v) is 10.2. The molecule has 7 heteroatoms. The van der Waals surface area contributed by atoms with Gasteiger partial charge in [-0.15, -0.1) is 0 Å². The minimum Gasteiger partial charge on any atom is -0.455 e. The summed E-state index contributed by atoms with van der Waals surface area (Å²) < 4.78 is 5.45. The number of carbonyl (C=O) groups excluding carboxylic acids is 2. The van der Waals surface area contributed by atoms with Crippen molar-refractivity contribution in [3.63, 3.8) is 0 Å². The van der Waals surface area contributed by atoms with Crippen molar-refractivity contribution < 1.29 is 19.4 Å². The van der Waals surface area contributed by atoms with E-state index in [-0.39, 0.29) is 30.4 Å². The van der Waals surface area contributed by atoms with E-state index >= 15 is 0 Å². The van der Waals surface area contributed by atoms with E-state index < -0.39 is 22.8 Å². The van der Waals surface area contributed by atoms with Crippen LogP contribution in [0.1, 0.15) is 25.0 Å². The van der Waals surface area contributed by atoms with Gasteiger partial charge in [0.2, 0.25) is 0 Å². The van der Waals surface area contributed by atoms with Crippen LogP contribution < -0.4 is 10.6 Å². The molecule has 0 radical (unpaired) electrons. The number of Topliss-reactive ketones (excluding diaryl/α,β-unsaturated/α-hetero) is 1. The fourth-order valence-corrected chi connectivity index (χ4v) is 6.85. The number of ether oxygens (including phenoxy) is 1. The van der Waals surface area contributed by atoms with Gasteiger partial charge in [-0.1, -0.05) is 60.7 Å². The van der Waals surface area contributed by atoms with E-state index in [9.17, 15) is 14.7 Å². The fraction of sp³-hybridized carbons (Fsp3) is 0.440. The quantitative estimate of drug-likeness (QED) is 0.417. The number of benzene rings is 2. The Morgan fingerprint density at radius 2 is 1.66 bits per heavy atom. The molecule has 4 atom stereocenters. The zero-order chi connectivity index (χ0) is 22.8. The Labute approximate surface area is 193 Å². The summed E-state index contributed by atoms with van der Waals surface area (Å²) >= 11 is 1.63. The maximum atomic E-state index is 13.9. The number of esters is 1. The minimum atomic E-state index is -1.46. The van der Waals surface area contributed by atoms with Gasteiger partial charge >= 0.3 is 5.97 Å². The molecule has 2 aliphatic rings. The topological polar surface area (TPSA) is 87.7 Å². The molecule has 0 spiro atoms. The molecule has 2 aliphatic heterocycles. The van der Waals surface area contributed by atoms with E-state index in [4.69, 9.17) is 4.74 Å². The number of ketones is 1. The SMILES string of the molecule is CC(C)(O)C(Cc1ccccc1)(C(=O)C(=O)OCc1ccccc1)C1SC[C@H]2NCN[C@@H]12. The molecule has 2 heterocycles. The Morgan fingerprint density at radius 3 is 2.28 bits per heavy atom. The highest BCUT2D eigenvalue weighted by atomic mass is 32.2. The lowest BCUT2D eigenvalue weighted by Gasteiger charge is -2.47. The average Bonchev–Trinajstić information content (AvgIpc) is 3.40. The van der Waals surface area contributed by atoms with Gasteiger partial charge in [-0.25, -0.2) is 4.79 Å². The first kappa shape index (κ1) is 23.0. The van der Waals surface area contributed by atoms with Gasteiger partial charge in [0.1, 0.15) is 6.61 Å². The Balaban J connectivity index is 1.69. The van der Waals surface area contributed by atoms with Gasteiger partial charge < -0.3 is 9.84 Å². The number of aliphatic hydroxyl groups is 1. The van der Waals surface area contributed by atoms with Crippen LogP contribution in [0.3, 0.4) is 0 Å². The summed E-state index contributed by atoms with van der Waals surface area (Å²) in [4.78, 5) is 27.0. The third-order valence-electron chi connectivity index (χ3n) is 6.62. The van der Waals surface area contributed by atoms with Crippen LogP contribution in [0, 0.1) is 5.41 Å². The van der Waals surface area contributed by atoms with Crippen LogP contribution in [0.15, 0.2) is 60.7 Å². The number of hydrogen-bond acceptors (Lipinski definition) is 7. The molecule has 6 nitrogen and oxygen atoms in total. The smallest absolute Gasteiger partial charge is 0.375 e. The molecule has 0 amide bonds. The van der Waals surface area contributed by atoms with E-state index in [1.54, 1.807) is 25.6 Å². The summed E-state index contributed by atoms with van der Waals surface area (Å²) in [7, 11) is 0. The Morgan fingerprint density at radius 1 is 1.03 bits per heavy atom. The van der Waals surface area contributed by atoms with Crippen LogP contribution in [-0.4, -0.2) is 52.2 Å². The van der Waals surface area contributed by atoms with Crippen molar-refractivity contribution in [2.24, 2.45) is 5.41 Å². The summed E-state index contributed by atoms with van der Waals surface area (Å²) in [5.41, 5.74) is -1.11. The first-order valence-electron chi connectivity index (χ1n) is 10.9. The van der Waals surface area contributed by atoms with Crippen LogP contribution in [0.2, 0.25) is 0 Å². The lowest BCUT2D eigenvalue weighted by atomic mass is 9.62. The number of rotatable bonds is 8. The molecule has 0 bridgehead atoms. The number of fused-ring (bicyclic) bond motifs is 1. The molecule has 0 saturated carbocycles. The molecule has 170 valence electrons. The van der Waals surface area contributed by atoms with Crippen molar-refractivity contribution in [1.82, 2.24) is 10.6 Å². The van der Waals surface area contributed by atoms with Crippen LogP contribution in [0.25, 0.3) is 0 Å². The molecule has 0 aromatic heterocycles. The first-order valence-corrected chi connectivity index (χ1v) is 12.0. The monoisotopic (exact) mass is 454 g/mol. The van der Waals surface area contributed by atoms with Crippen molar-refractivity contribution in [1.29, 1.82) is 0 Å². The van der Waals surface area contributed by atoms with Gasteiger partial charge in [0.05, 0.1) is 11.0 Å². The summed E-state index contributed by atoms with van der Waals surface area (Å²) in [6.45, 7) is 3.93. The highest BCUT2D eigenvalue weighted by Crippen LogP contribution is 2.50. The Hall–Kier alpha value is -2.19. The molecule has 0 aliphatic carbocycles. The average molecular weight is 455 g/mol. The van der Waals surface area contributed by atoms with Crippen molar-refractivity contribution in [2.75, 3.05) is 12.4 Å². The van der Waals surface area contributed by atoms with Crippen molar-refractivity contribution >= 4 is 23.5 Å². The second-order valence-electron chi connectivity index (χ2n) is 9.05. The highest BCUT2D eigenvalue weighted by molar-refractivity contribution is 8.00. The summed E-state index contributed by atoms with van der Waals surface area (Å²) in [6, 6.07) is 19.0. The molecule has 2 fully saturated rings. The number of thioether (sulfide) groups is 1. The highest BCUT2D eigenvalue weighted by Gasteiger charge is 2.63. The van der Waals surface area contributed by atoms with Crippen LogP contribution in [-0.2, 0) is 27.4 Å². The van der Waals surface area contributed by atoms with Crippen molar-refractivity contribution in [3.8, 4) is 0 Å². The molecule has 2 aromatic carbocycles. The lowest BCUT2D eigenvalue weighted by molar-refractivity contribution is -0.168. The Kier molecular flexibility index (Phi) is 6.72. The van der Waals surface area contributed by atoms with Crippen LogP contribution in [0.5, 0.6) is 0 Å². The van der Waals surface area contributed by atoms with Gasteiger partial charge in [-0.3, -0.25) is 15.4 Å². The van der Waals surface area contributed by atoms with Crippen molar-refractivity contribution in [3.05, 3.63) is 71.8 Å². The van der Waals surface area contributed by atoms with E-state index in [1.165, 1.54) is 0 Å². The number of carbonyl (C=O) groups is 2. The summed E-state index contributed by atoms with van der Waals surface area (Å²) in [5.74, 6) is -0.764. The molecule has 32 heavy (non-hydrogen) atoms. The minimum absolute atomic E-state index is 0.0162.